The third-order valence-corrected chi connectivity index (χ3v) is 8.63. The molecule has 1 aromatic heterocycles. The molecular weight excluding hydrogens is 512 g/mol. The Morgan fingerprint density at radius 3 is 2.49 bits per heavy atom. The topological polar surface area (TPSA) is 78.5 Å². The zero-order valence-electron chi connectivity index (χ0n) is 22.8. The minimum Gasteiger partial charge on any atom is -0.493 e. The molecule has 2 aliphatic heterocycles. The molecule has 8 heteroatoms. The molecule has 2 amide bonds. The largest absolute Gasteiger partial charge is 0.493 e. The normalized spacial score (nSPS) is 16.6. The number of aryl methyl sites for hydroxylation is 2. The van der Waals surface area contributed by atoms with E-state index in [1.807, 2.05) is 47.9 Å². The molecule has 3 aromatic rings. The molecule has 39 heavy (non-hydrogen) atoms. The van der Waals surface area contributed by atoms with E-state index in [1.165, 1.54) is 11.1 Å². The number of hydrogen-bond acceptors (Lipinski definition) is 4. The smallest absolute Gasteiger partial charge is 0.223 e. The molecule has 0 unspecified atom stereocenters. The third-order valence-electron chi connectivity index (χ3n) is 8.40. The fourth-order valence-corrected chi connectivity index (χ4v) is 6.05. The van der Waals surface area contributed by atoms with Gasteiger partial charge in [-0.05, 0) is 74.4 Å². The molecule has 2 aliphatic rings. The van der Waals surface area contributed by atoms with Crippen LogP contribution in [0.1, 0.15) is 53.8 Å². The Hall–Kier alpha value is -3.32. The van der Waals surface area contributed by atoms with Crippen LogP contribution >= 0.6 is 11.6 Å². The second-order valence-electron chi connectivity index (χ2n) is 11.1. The zero-order valence-corrected chi connectivity index (χ0v) is 23.6. The quantitative estimate of drug-likeness (QED) is 0.415. The first kappa shape index (κ1) is 27.3. The van der Waals surface area contributed by atoms with Crippen molar-refractivity contribution >= 4 is 23.4 Å². The summed E-state index contributed by atoms with van der Waals surface area (Å²) < 4.78 is 6.22. The number of rotatable bonds is 8. The standard InChI is InChI=1S/C31H37ClN4O3/c1-22-28(23(2)34-33-22)10-11-29(37)35-16-13-31(14-17-35,21-39-27-9-5-8-26(32)18-27)19-30(38)36-15-12-24-6-3-4-7-25(24)20-36/h3-9,18H,10-17,19-21H2,1-2H3,(H,33,34). The molecule has 0 saturated carbocycles. The summed E-state index contributed by atoms with van der Waals surface area (Å²) in [6.45, 7) is 7.01. The average molecular weight is 549 g/mol. The van der Waals surface area contributed by atoms with Gasteiger partial charge in [0.2, 0.25) is 11.8 Å². The van der Waals surface area contributed by atoms with Crippen molar-refractivity contribution in [3.8, 4) is 5.75 Å². The number of H-pyrrole nitrogens is 1. The van der Waals surface area contributed by atoms with E-state index >= 15 is 0 Å². The molecule has 2 aromatic carbocycles. The maximum Gasteiger partial charge on any atom is 0.223 e. The Kier molecular flexibility index (Phi) is 8.26. The number of fused-ring (bicyclic) bond motifs is 1. The van der Waals surface area contributed by atoms with Crippen molar-refractivity contribution in [2.45, 2.75) is 58.9 Å². The molecule has 0 radical (unpaired) electrons. The number of carbonyl (C=O) groups is 2. The predicted molar refractivity (Wildman–Crippen MR) is 152 cm³/mol. The Labute approximate surface area is 235 Å². The molecule has 1 fully saturated rings. The van der Waals surface area contributed by atoms with Gasteiger partial charge in [0.15, 0.2) is 0 Å². The number of amides is 2. The molecule has 0 spiro atoms. The fourth-order valence-electron chi connectivity index (χ4n) is 5.87. The maximum atomic E-state index is 13.6. The summed E-state index contributed by atoms with van der Waals surface area (Å²) in [5.41, 5.74) is 5.31. The van der Waals surface area contributed by atoms with Gasteiger partial charge in [0.1, 0.15) is 5.75 Å². The highest BCUT2D eigenvalue weighted by atomic mass is 35.5. The molecule has 0 bridgehead atoms. The predicted octanol–water partition coefficient (Wildman–Crippen LogP) is 5.28. The number of aromatic amines is 1. The van der Waals surface area contributed by atoms with Crippen LogP contribution in [-0.2, 0) is 29.0 Å². The summed E-state index contributed by atoms with van der Waals surface area (Å²) in [7, 11) is 0. The van der Waals surface area contributed by atoms with Crippen LogP contribution in [0.5, 0.6) is 5.75 Å². The Morgan fingerprint density at radius 1 is 1.00 bits per heavy atom. The first-order chi connectivity index (χ1) is 18.8. The van der Waals surface area contributed by atoms with E-state index in [0.717, 1.165) is 42.8 Å². The molecular formula is C31H37ClN4O3. The van der Waals surface area contributed by atoms with Crippen LogP contribution in [0.3, 0.4) is 0 Å². The molecule has 3 heterocycles. The van der Waals surface area contributed by atoms with Gasteiger partial charge in [-0.25, -0.2) is 0 Å². The van der Waals surface area contributed by atoms with Gasteiger partial charge in [-0.1, -0.05) is 41.9 Å². The van der Waals surface area contributed by atoms with Gasteiger partial charge in [-0.2, -0.15) is 5.10 Å². The van der Waals surface area contributed by atoms with Crippen LogP contribution in [0, 0.1) is 19.3 Å². The van der Waals surface area contributed by atoms with Gasteiger partial charge < -0.3 is 14.5 Å². The van der Waals surface area contributed by atoms with Gasteiger partial charge in [0.05, 0.1) is 12.3 Å². The van der Waals surface area contributed by atoms with E-state index in [0.29, 0.717) is 56.3 Å². The van der Waals surface area contributed by atoms with Crippen molar-refractivity contribution in [1.29, 1.82) is 0 Å². The summed E-state index contributed by atoms with van der Waals surface area (Å²) in [6.07, 6.45) is 3.87. The lowest BCUT2D eigenvalue weighted by atomic mass is 9.75. The minimum atomic E-state index is -0.342. The average Bonchev–Trinajstić information content (AvgIpc) is 3.27. The molecule has 0 aliphatic carbocycles. The molecule has 1 saturated heterocycles. The van der Waals surface area contributed by atoms with Crippen molar-refractivity contribution < 1.29 is 14.3 Å². The van der Waals surface area contributed by atoms with Crippen molar-refractivity contribution in [3.05, 3.63) is 81.6 Å². The molecule has 1 N–H and O–H groups in total. The highest BCUT2D eigenvalue weighted by Crippen LogP contribution is 2.37. The van der Waals surface area contributed by atoms with E-state index in [4.69, 9.17) is 16.3 Å². The fraction of sp³-hybridized carbons (Fsp3) is 0.452. The highest BCUT2D eigenvalue weighted by molar-refractivity contribution is 6.30. The van der Waals surface area contributed by atoms with Crippen molar-refractivity contribution in [2.75, 3.05) is 26.2 Å². The third kappa shape index (κ3) is 6.47. The van der Waals surface area contributed by atoms with Crippen molar-refractivity contribution in [2.24, 2.45) is 5.41 Å². The van der Waals surface area contributed by atoms with Crippen LogP contribution in [-0.4, -0.2) is 58.1 Å². The molecule has 5 rings (SSSR count). The second kappa shape index (κ2) is 11.8. The first-order valence-corrected chi connectivity index (χ1v) is 14.2. The number of likely N-dealkylation sites (tertiary alicyclic amines) is 1. The van der Waals surface area contributed by atoms with Gasteiger partial charge in [-0.15, -0.1) is 0 Å². The van der Waals surface area contributed by atoms with E-state index in [2.05, 4.69) is 28.4 Å². The number of nitrogens with zero attached hydrogens (tertiary/aromatic N) is 3. The van der Waals surface area contributed by atoms with Gasteiger partial charge in [0.25, 0.3) is 0 Å². The molecule has 7 nitrogen and oxygen atoms in total. The lowest BCUT2D eigenvalue weighted by Crippen LogP contribution is -2.48. The first-order valence-electron chi connectivity index (χ1n) is 13.8. The zero-order chi connectivity index (χ0) is 27.4. The van der Waals surface area contributed by atoms with Gasteiger partial charge in [0, 0.05) is 55.2 Å². The summed E-state index contributed by atoms with van der Waals surface area (Å²) >= 11 is 6.18. The van der Waals surface area contributed by atoms with E-state index in [9.17, 15) is 9.59 Å². The van der Waals surface area contributed by atoms with E-state index in [-0.39, 0.29) is 17.2 Å². The summed E-state index contributed by atoms with van der Waals surface area (Å²) in [5.74, 6) is 1.01. The van der Waals surface area contributed by atoms with Crippen molar-refractivity contribution in [3.63, 3.8) is 0 Å². The summed E-state index contributed by atoms with van der Waals surface area (Å²) in [4.78, 5) is 30.7. The Morgan fingerprint density at radius 2 is 1.77 bits per heavy atom. The number of piperidine rings is 1. The molecule has 0 atom stereocenters. The number of benzene rings is 2. The van der Waals surface area contributed by atoms with Crippen LogP contribution in [0.25, 0.3) is 0 Å². The lowest BCUT2D eigenvalue weighted by molar-refractivity contribution is -0.138. The summed E-state index contributed by atoms with van der Waals surface area (Å²) in [5, 5.41) is 7.87. The number of carbonyl (C=O) groups excluding carboxylic acids is 2. The number of nitrogens with one attached hydrogen (secondary N) is 1. The van der Waals surface area contributed by atoms with Crippen molar-refractivity contribution in [1.82, 2.24) is 20.0 Å². The van der Waals surface area contributed by atoms with E-state index in [1.54, 1.807) is 6.07 Å². The maximum absolute atomic E-state index is 13.6. The summed E-state index contributed by atoms with van der Waals surface area (Å²) in [6, 6.07) is 15.7. The molecule has 206 valence electrons. The Balaban J connectivity index is 1.24. The minimum absolute atomic E-state index is 0.151. The monoisotopic (exact) mass is 548 g/mol. The highest BCUT2D eigenvalue weighted by Gasteiger charge is 2.40. The number of ether oxygens (including phenoxy) is 1. The lowest BCUT2D eigenvalue weighted by Gasteiger charge is -2.42. The van der Waals surface area contributed by atoms with Crippen LogP contribution < -0.4 is 4.74 Å². The van der Waals surface area contributed by atoms with Crippen LogP contribution in [0.4, 0.5) is 0 Å². The van der Waals surface area contributed by atoms with Crippen LogP contribution in [0.15, 0.2) is 48.5 Å². The number of halogens is 1. The second-order valence-corrected chi connectivity index (χ2v) is 11.5. The van der Waals surface area contributed by atoms with Gasteiger partial charge >= 0.3 is 0 Å². The van der Waals surface area contributed by atoms with Gasteiger partial charge in [-0.3, -0.25) is 14.7 Å². The number of aromatic nitrogens is 2. The van der Waals surface area contributed by atoms with Crippen LogP contribution in [0.2, 0.25) is 5.02 Å². The van der Waals surface area contributed by atoms with E-state index < -0.39 is 0 Å². The Bertz CT molecular complexity index is 1310. The number of hydrogen-bond donors (Lipinski definition) is 1. The SMILES string of the molecule is Cc1n[nH]c(C)c1CCC(=O)N1CCC(COc2cccc(Cl)c2)(CC(=O)N2CCc3ccccc3C2)CC1.